The van der Waals surface area contributed by atoms with Gasteiger partial charge in [0.25, 0.3) is 0 Å². The van der Waals surface area contributed by atoms with E-state index >= 15 is 0 Å². The smallest absolute Gasteiger partial charge is 0.193 e. The minimum absolute atomic E-state index is 0.356. The summed E-state index contributed by atoms with van der Waals surface area (Å²) in [5.41, 5.74) is 1.30. The third-order valence-electron chi connectivity index (χ3n) is 5.12. The lowest BCUT2D eigenvalue weighted by atomic mass is 10.0. The van der Waals surface area contributed by atoms with E-state index in [0.717, 1.165) is 58.1 Å². The first-order chi connectivity index (χ1) is 13.3. The van der Waals surface area contributed by atoms with Gasteiger partial charge >= 0.3 is 0 Å². The number of benzene rings is 2. The molecule has 146 valence electrons. The highest BCUT2D eigenvalue weighted by Gasteiger charge is 2.21. The van der Waals surface area contributed by atoms with Gasteiger partial charge in [-0.3, -0.25) is 4.99 Å². The van der Waals surface area contributed by atoms with Crippen LogP contribution in [0.3, 0.4) is 0 Å². The largest absolute Gasteiger partial charge is 0.385 e. The number of ether oxygens (including phenoxy) is 2. The molecule has 0 atom stereocenters. The molecule has 1 N–H and O–H groups in total. The number of piperidine rings is 1. The highest BCUT2D eigenvalue weighted by atomic mass is 16.5. The first-order valence-corrected chi connectivity index (χ1v) is 9.84. The van der Waals surface area contributed by atoms with Crippen LogP contribution in [0, 0.1) is 0 Å². The maximum absolute atomic E-state index is 5.96. The maximum atomic E-state index is 5.96. The number of guanidine groups is 1. The van der Waals surface area contributed by atoms with Crippen molar-refractivity contribution in [3.8, 4) is 0 Å². The quantitative estimate of drug-likeness (QED) is 0.461. The number of hydrogen-bond donors (Lipinski definition) is 1. The van der Waals surface area contributed by atoms with E-state index in [-0.39, 0.29) is 0 Å². The van der Waals surface area contributed by atoms with Gasteiger partial charge in [0.15, 0.2) is 5.96 Å². The highest BCUT2D eigenvalue weighted by molar-refractivity contribution is 5.86. The van der Waals surface area contributed by atoms with Crippen molar-refractivity contribution in [2.45, 2.75) is 31.9 Å². The number of rotatable bonds is 7. The van der Waals surface area contributed by atoms with Gasteiger partial charge in [-0.1, -0.05) is 42.5 Å². The number of methoxy groups -OCH3 is 1. The van der Waals surface area contributed by atoms with Crippen molar-refractivity contribution in [2.75, 3.05) is 40.5 Å². The zero-order valence-corrected chi connectivity index (χ0v) is 16.5. The van der Waals surface area contributed by atoms with Gasteiger partial charge in [0.1, 0.15) is 0 Å². The molecule has 1 fully saturated rings. The van der Waals surface area contributed by atoms with Gasteiger partial charge in [-0.15, -0.1) is 0 Å². The van der Waals surface area contributed by atoms with Gasteiger partial charge in [0.2, 0.25) is 0 Å². The predicted octanol–water partition coefficient (Wildman–Crippen LogP) is 3.43. The van der Waals surface area contributed by atoms with E-state index in [0.29, 0.717) is 6.10 Å². The average Bonchev–Trinajstić information content (AvgIpc) is 2.73. The molecule has 5 nitrogen and oxygen atoms in total. The van der Waals surface area contributed by atoms with E-state index in [1.165, 1.54) is 16.3 Å². The molecule has 5 heteroatoms. The molecule has 2 aromatic carbocycles. The Hall–Kier alpha value is -2.11. The molecule has 0 saturated carbocycles. The van der Waals surface area contributed by atoms with Crippen LogP contribution >= 0.6 is 0 Å². The van der Waals surface area contributed by atoms with Crippen LogP contribution in [0.25, 0.3) is 10.8 Å². The molecule has 0 aliphatic carbocycles. The fourth-order valence-corrected chi connectivity index (χ4v) is 3.64. The van der Waals surface area contributed by atoms with Crippen molar-refractivity contribution in [2.24, 2.45) is 4.99 Å². The van der Waals surface area contributed by atoms with Crippen LogP contribution in [-0.2, 0) is 16.0 Å². The van der Waals surface area contributed by atoms with Crippen LogP contribution in [0.2, 0.25) is 0 Å². The molecule has 1 saturated heterocycles. The molecule has 2 aromatic rings. The van der Waals surface area contributed by atoms with Crippen molar-refractivity contribution < 1.29 is 9.47 Å². The number of nitrogens with zero attached hydrogens (tertiary/aromatic N) is 2. The summed E-state index contributed by atoms with van der Waals surface area (Å²) in [4.78, 5) is 6.83. The van der Waals surface area contributed by atoms with Crippen LogP contribution in [0.15, 0.2) is 47.5 Å². The monoisotopic (exact) mass is 369 g/mol. The fraction of sp³-hybridized carbons (Fsp3) is 0.500. The highest BCUT2D eigenvalue weighted by Crippen LogP contribution is 2.19. The molecule has 3 rings (SSSR count). The second-order valence-electron chi connectivity index (χ2n) is 6.94. The van der Waals surface area contributed by atoms with Gasteiger partial charge in [0, 0.05) is 47.0 Å². The second-order valence-corrected chi connectivity index (χ2v) is 6.94. The topological polar surface area (TPSA) is 46.1 Å². The standard InChI is InChI=1S/C22H31N3O2/c1-23-22(25-13-11-20(12-14-25)27-16-6-15-26-2)24-17-19-9-5-8-18-7-3-4-10-21(18)19/h3-5,7-10,20H,6,11-17H2,1-2H3,(H,23,24). The summed E-state index contributed by atoms with van der Waals surface area (Å²) in [6.07, 6.45) is 3.41. The Bertz CT molecular complexity index is 734. The Morgan fingerprint density at radius 2 is 1.89 bits per heavy atom. The number of fused-ring (bicyclic) bond motifs is 1. The summed E-state index contributed by atoms with van der Waals surface area (Å²) in [7, 11) is 3.59. The second kappa shape index (κ2) is 10.3. The molecule has 0 aromatic heterocycles. The summed E-state index contributed by atoms with van der Waals surface area (Å²) in [5.74, 6) is 0.973. The maximum Gasteiger partial charge on any atom is 0.193 e. The number of aliphatic imine (C=N–C) groups is 1. The molecule has 1 aliphatic heterocycles. The fourth-order valence-electron chi connectivity index (χ4n) is 3.64. The molecule has 0 bridgehead atoms. The molecule has 0 amide bonds. The Morgan fingerprint density at radius 1 is 1.11 bits per heavy atom. The van der Waals surface area contributed by atoms with Crippen LogP contribution in [-0.4, -0.2) is 57.4 Å². The Kier molecular flexibility index (Phi) is 7.48. The van der Waals surface area contributed by atoms with Gasteiger partial charge in [-0.25, -0.2) is 0 Å². The van der Waals surface area contributed by atoms with Crippen molar-refractivity contribution in [1.82, 2.24) is 10.2 Å². The zero-order chi connectivity index (χ0) is 18.9. The number of hydrogen-bond acceptors (Lipinski definition) is 3. The average molecular weight is 370 g/mol. The van der Waals surface area contributed by atoms with Crippen LogP contribution in [0.1, 0.15) is 24.8 Å². The summed E-state index contributed by atoms with van der Waals surface area (Å²) in [5, 5.41) is 6.11. The van der Waals surface area contributed by atoms with Crippen LogP contribution in [0.5, 0.6) is 0 Å². The molecular weight excluding hydrogens is 338 g/mol. The summed E-state index contributed by atoms with van der Waals surface area (Å²) in [6, 6.07) is 15.0. The predicted molar refractivity (Wildman–Crippen MR) is 111 cm³/mol. The van der Waals surface area contributed by atoms with Gasteiger partial charge in [0.05, 0.1) is 6.10 Å². The lowest BCUT2D eigenvalue weighted by Crippen LogP contribution is -2.46. The third kappa shape index (κ3) is 5.44. The molecule has 0 spiro atoms. The minimum atomic E-state index is 0.356. The Morgan fingerprint density at radius 3 is 2.67 bits per heavy atom. The Balaban J connectivity index is 1.50. The SMILES string of the molecule is CN=C(NCc1cccc2ccccc12)N1CCC(OCCCOC)CC1. The number of likely N-dealkylation sites (tertiary alicyclic amines) is 1. The van der Waals surface area contributed by atoms with Gasteiger partial charge < -0.3 is 19.7 Å². The first kappa shape index (κ1) is 19.6. The molecule has 1 heterocycles. The van der Waals surface area contributed by atoms with E-state index in [9.17, 15) is 0 Å². The van der Waals surface area contributed by atoms with Gasteiger partial charge in [-0.2, -0.15) is 0 Å². The molecule has 1 aliphatic rings. The van der Waals surface area contributed by atoms with E-state index in [4.69, 9.17) is 9.47 Å². The number of nitrogens with one attached hydrogen (secondary N) is 1. The minimum Gasteiger partial charge on any atom is -0.385 e. The van der Waals surface area contributed by atoms with E-state index in [2.05, 4.69) is 57.7 Å². The van der Waals surface area contributed by atoms with Crippen LogP contribution in [0.4, 0.5) is 0 Å². The summed E-state index contributed by atoms with van der Waals surface area (Å²) < 4.78 is 11.0. The van der Waals surface area contributed by atoms with Crippen LogP contribution < -0.4 is 5.32 Å². The normalized spacial score (nSPS) is 16.1. The molecule has 0 radical (unpaired) electrons. The molecule has 27 heavy (non-hydrogen) atoms. The lowest BCUT2D eigenvalue weighted by molar-refractivity contribution is 0.00990. The van der Waals surface area contributed by atoms with E-state index in [1.54, 1.807) is 7.11 Å². The van der Waals surface area contributed by atoms with Crippen molar-refractivity contribution in [3.63, 3.8) is 0 Å². The van der Waals surface area contributed by atoms with E-state index in [1.807, 2.05) is 7.05 Å². The van der Waals surface area contributed by atoms with Gasteiger partial charge in [-0.05, 0) is 35.6 Å². The molecular formula is C22H31N3O2. The summed E-state index contributed by atoms with van der Waals surface area (Å²) >= 11 is 0. The van der Waals surface area contributed by atoms with Crippen molar-refractivity contribution >= 4 is 16.7 Å². The first-order valence-electron chi connectivity index (χ1n) is 9.84. The Labute approximate surface area is 162 Å². The molecule has 0 unspecified atom stereocenters. The summed E-state index contributed by atoms with van der Waals surface area (Å²) in [6.45, 7) is 4.28. The zero-order valence-electron chi connectivity index (χ0n) is 16.5. The third-order valence-corrected chi connectivity index (χ3v) is 5.12. The van der Waals surface area contributed by atoms with Crippen molar-refractivity contribution in [3.05, 3.63) is 48.0 Å². The lowest BCUT2D eigenvalue weighted by Gasteiger charge is -2.34. The van der Waals surface area contributed by atoms with E-state index < -0.39 is 0 Å². The van der Waals surface area contributed by atoms with Crippen molar-refractivity contribution in [1.29, 1.82) is 0 Å².